The molecule has 1 aromatic heterocycles. The van der Waals surface area contributed by atoms with Crippen molar-refractivity contribution in [2.24, 2.45) is 0 Å². The van der Waals surface area contributed by atoms with Crippen LogP contribution in [-0.2, 0) is 22.6 Å². The van der Waals surface area contributed by atoms with Gasteiger partial charge >= 0.3 is 0 Å². The molecular weight excluding hydrogens is 448 g/mol. The lowest BCUT2D eigenvalue weighted by atomic mass is 10.2. The monoisotopic (exact) mass is 474 g/mol. The minimum absolute atomic E-state index is 0.0726. The van der Waals surface area contributed by atoms with E-state index in [0.29, 0.717) is 35.7 Å². The summed E-state index contributed by atoms with van der Waals surface area (Å²) in [6.07, 6.45) is 0.789. The first-order valence-corrected chi connectivity index (χ1v) is 11.5. The highest BCUT2D eigenvalue weighted by molar-refractivity contribution is 8.00. The van der Waals surface area contributed by atoms with Crippen LogP contribution in [0.2, 0.25) is 5.02 Å². The van der Waals surface area contributed by atoms with Crippen molar-refractivity contribution in [1.82, 2.24) is 20.1 Å². The third-order valence-electron chi connectivity index (χ3n) is 4.84. The van der Waals surface area contributed by atoms with Crippen molar-refractivity contribution in [3.63, 3.8) is 0 Å². The number of nitrogens with one attached hydrogen (secondary N) is 1. The summed E-state index contributed by atoms with van der Waals surface area (Å²) in [5.74, 6) is 1.39. The summed E-state index contributed by atoms with van der Waals surface area (Å²) in [4.78, 5) is 12.7. The molecular formula is C23H27ClN4O3S. The summed E-state index contributed by atoms with van der Waals surface area (Å²) < 4.78 is 12.4. The summed E-state index contributed by atoms with van der Waals surface area (Å²) in [6, 6.07) is 15.1. The molecule has 1 heterocycles. The van der Waals surface area contributed by atoms with E-state index >= 15 is 0 Å². The average Bonchev–Trinajstić information content (AvgIpc) is 3.20. The second-order valence-electron chi connectivity index (χ2n) is 7.11. The Morgan fingerprint density at radius 1 is 1.16 bits per heavy atom. The zero-order valence-corrected chi connectivity index (χ0v) is 19.9. The van der Waals surface area contributed by atoms with E-state index in [1.165, 1.54) is 11.8 Å². The van der Waals surface area contributed by atoms with E-state index in [2.05, 4.69) is 15.5 Å². The third-order valence-corrected chi connectivity index (χ3v) is 6.25. The third kappa shape index (κ3) is 6.25. The Hall–Kier alpha value is -2.55. The van der Waals surface area contributed by atoms with Gasteiger partial charge in [-0.15, -0.1) is 10.2 Å². The summed E-state index contributed by atoms with van der Waals surface area (Å²) >= 11 is 7.76. The molecule has 7 nitrogen and oxygen atoms in total. The van der Waals surface area contributed by atoms with Gasteiger partial charge in [-0.05, 0) is 43.2 Å². The maximum Gasteiger partial charge on any atom is 0.233 e. The first kappa shape index (κ1) is 24.1. The van der Waals surface area contributed by atoms with Crippen molar-refractivity contribution in [2.45, 2.75) is 36.8 Å². The first-order valence-electron chi connectivity index (χ1n) is 10.3. The molecule has 0 fully saturated rings. The highest BCUT2D eigenvalue weighted by Gasteiger charge is 2.21. The standard InChI is InChI=1S/C23H27ClN4O3S/c1-16(22(29)25-15-17-9-11-18(31-3)12-10-17)32-23-27-26-21(28(23)13-6-14-30-2)19-7-4-5-8-20(19)24/h4-5,7-12,16H,6,13-15H2,1-3H3,(H,25,29). The van der Waals surface area contributed by atoms with E-state index in [1.54, 1.807) is 14.2 Å². The normalized spacial score (nSPS) is 11.9. The number of hydrogen-bond acceptors (Lipinski definition) is 6. The molecule has 0 spiro atoms. The van der Waals surface area contributed by atoms with Gasteiger partial charge in [0.25, 0.3) is 0 Å². The van der Waals surface area contributed by atoms with Crippen LogP contribution in [0.4, 0.5) is 0 Å². The molecule has 2 aromatic carbocycles. The Labute approximate surface area is 197 Å². The Morgan fingerprint density at radius 2 is 1.91 bits per heavy atom. The zero-order chi connectivity index (χ0) is 22.9. The van der Waals surface area contributed by atoms with Crippen LogP contribution in [0.1, 0.15) is 18.9 Å². The van der Waals surface area contributed by atoms with Gasteiger partial charge in [-0.25, -0.2) is 0 Å². The first-order chi connectivity index (χ1) is 15.5. The topological polar surface area (TPSA) is 78.3 Å². The van der Waals surface area contributed by atoms with Crippen molar-refractivity contribution < 1.29 is 14.3 Å². The van der Waals surface area contributed by atoms with Gasteiger partial charge in [-0.2, -0.15) is 0 Å². The molecule has 170 valence electrons. The Kier molecular flexibility index (Phi) is 8.96. The van der Waals surface area contributed by atoms with Gasteiger partial charge in [0.1, 0.15) is 5.75 Å². The largest absolute Gasteiger partial charge is 0.497 e. The number of benzene rings is 2. The highest BCUT2D eigenvalue weighted by atomic mass is 35.5. The van der Waals surface area contributed by atoms with E-state index in [4.69, 9.17) is 21.1 Å². The quantitative estimate of drug-likeness (QED) is 0.327. The van der Waals surface area contributed by atoms with E-state index in [-0.39, 0.29) is 11.2 Å². The molecule has 0 aliphatic rings. The Morgan fingerprint density at radius 3 is 2.59 bits per heavy atom. The Bertz CT molecular complexity index is 1030. The fraction of sp³-hybridized carbons (Fsp3) is 0.348. The lowest BCUT2D eigenvalue weighted by Crippen LogP contribution is -2.30. The van der Waals surface area contributed by atoms with Gasteiger partial charge in [-0.3, -0.25) is 4.79 Å². The minimum atomic E-state index is -0.349. The molecule has 3 rings (SSSR count). The summed E-state index contributed by atoms with van der Waals surface area (Å²) in [5, 5.41) is 12.6. The van der Waals surface area contributed by atoms with Crippen molar-refractivity contribution in [3.8, 4) is 17.1 Å². The maximum atomic E-state index is 12.7. The molecule has 1 N–H and O–H groups in total. The van der Waals surface area contributed by atoms with Crippen LogP contribution in [0.5, 0.6) is 5.75 Å². The van der Waals surface area contributed by atoms with Gasteiger partial charge in [0.15, 0.2) is 11.0 Å². The predicted molar refractivity (Wildman–Crippen MR) is 127 cm³/mol. The second-order valence-corrected chi connectivity index (χ2v) is 8.83. The summed E-state index contributed by atoms with van der Waals surface area (Å²) in [5.41, 5.74) is 1.81. The molecule has 1 amide bonds. The number of hydrogen-bond donors (Lipinski definition) is 1. The molecule has 0 bridgehead atoms. The zero-order valence-electron chi connectivity index (χ0n) is 18.4. The van der Waals surface area contributed by atoms with E-state index < -0.39 is 0 Å². The van der Waals surface area contributed by atoms with Crippen LogP contribution in [-0.4, -0.2) is 46.7 Å². The predicted octanol–water partition coefficient (Wildman–Crippen LogP) is 4.44. The van der Waals surface area contributed by atoms with Crippen molar-refractivity contribution >= 4 is 29.3 Å². The number of methoxy groups -OCH3 is 2. The van der Waals surface area contributed by atoms with Gasteiger partial charge in [0, 0.05) is 32.4 Å². The van der Waals surface area contributed by atoms with E-state index in [9.17, 15) is 4.79 Å². The van der Waals surface area contributed by atoms with Crippen LogP contribution < -0.4 is 10.1 Å². The Balaban J connectivity index is 1.70. The minimum Gasteiger partial charge on any atom is -0.497 e. The number of ether oxygens (including phenoxy) is 2. The fourth-order valence-electron chi connectivity index (χ4n) is 3.07. The molecule has 0 saturated carbocycles. The molecule has 0 radical (unpaired) electrons. The lowest BCUT2D eigenvalue weighted by Gasteiger charge is -2.14. The van der Waals surface area contributed by atoms with Gasteiger partial charge < -0.3 is 19.4 Å². The van der Waals surface area contributed by atoms with Crippen molar-refractivity contribution in [3.05, 3.63) is 59.1 Å². The van der Waals surface area contributed by atoms with Gasteiger partial charge in [0.05, 0.1) is 17.4 Å². The van der Waals surface area contributed by atoms with E-state index in [0.717, 1.165) is 23.3 Å². The molecule has 32 heavy (non-hydrogen) atoms. The maximum absolute atomic E-state index is 12.7. The fourth-order valence-corrected chi connectivity index (χ4v) is 4.19. The molecule has 0 saturated heterocycles. The SMILES string of the molecule is COCCCn1c(SC(C)C(=O)NCc2ccc(OC)cc2)nnc1-c1ccccc1Cl. The molecule has 0 aliphatic heterocycles. The van der Waals surface area contributed by atoms with Crippen LogP contribution in [0.3, 0.4) is 0 Å². The number of aromatic nitrogens is 3. The number of thioether (sulfide) groups is 1. The van der Waals surface area contributed by atoms with Crippen molar-refractivity contribution in [1.29, 1.82) is 0 Å². The van der Waals surface area contributed by atoms with Gasteiger partial charge in [0.2, 0.25) is 5.91 Å². The number of halogens is 1. The number of carbonyl (C=O) groups excluding carboxylic acids is 1. The van der Waals surface area contributed by atoms with Crippen LogP contribution in [0, 0.1) is 0 Å². The smallest absolute Gasteiger partial charge is 0.233 e. The summed E-state index contributed by atoms with van der Waals surface area (Å²) in [7, 11) is 3.30. The van der Waals surface area contributed by atoms with Crippen LogP contribution in [0.25, 0.3) is 11.4 Å². The number of amides is 1. The van der Waals surface area contributed by atoms with Crippen LogP contribution >= 0.6 is 23.4 Å². The summed E-state index contributed by atoms with van der Waals surface area (Å²) in [6.45, 7) is 3.57. The highest BCUT2D eigenvalue weighted by Crippen LogP contribution is 2.31. The van der Waals surface area contributed by atoms with E-state index in [1.807, 2.05) is 60.0 Å². The molecule has 9 heteroatoms. The second kappa shape index (κ2) is 11.9. The van der Waals surface area contributed by atoms with Crippen LogP contribution in [0.15, 0.2) is 53.7 Å². The number of rotatable bonds is 11. The number of carbonyl (C=O) groups is 1. The molecule has 1 unspecified atom stereocenters. The van der Waals surface area contributed by atoms with Crippen molar-refractivity contribution in [2.75, 3.05) is 20.8 Å². The van der Waals surface area contributed by atoms with Gasteiger partial charge in [-0.1, -0.05) is 47.6 Å². The molecule has 1 atom stereocenters. The number of nitrogens with zero attached hydrogens (tertiary/aromatic N) is 3. The lowest BCUT2D eigenvalue weighted by molar-refractivity contribution is -0.120. The molecule has 3 aromatic rings. The molecule has 0 aliphatic carbocycles. The average molecular weight is 475 g/mol.